The van der Waals surface area contributed by atoms with E-state index in [4.69, 9.17) is 0 Å². The first-order valence-corrected chi connectivity index (χ1v) is 10.5. The topological polar surface area (TPSA) is 51.4 Å². The average Bonchev–Trinajstić information content (AvgIpc) is 3.16. The number of carbonyl (C=O) groups is 1. The van der Waals surface area contributed by atoms with E-state index in [2.05, 4.69) is 59.6 Å². The van der Waals surface area contributed by atoms with Crippen molar-refractivity contribution in [3.05, 3.63) is 71.4 Å². The fraction of sp³-hybridized carbons (Fsp3) is 0.375. The van der Waals surface area contributed by atoms with Crippen molar-refractivity contribution in [1.82, 2.24) is 20.3 Å². The van der Waals surface area contributed by atoms with E-state index >= 15 is 0 Å². The maximum Gasteiger partial charge on any atom is 0.265 e. The van der Waals surface area contributed by atoms with Gasteiger partial charge in [0.15, 0.2) is 0 Å². The van der Waals surface area contributed by atoms with Gasteiger partial charge in [0.05, 0.1) is 0 Å². The summed E-state index contributed by atoms with van der Waals surface area (Å²) in [6.45, 7) is 9.00. The molecule has 29 heavy (non-hydrogen) atoms. The van der Waals surface area contributed by atoms with Gasteiger partial charge < -0.3 is 9.88 Å². The first kappa shape index (κ1) is 19.7. The van der Waals surface area contributed by atoms with Crippen LogP contribution in [0, 0.1) is 0 Å². The first-order valence-electron chi connectivity index (χ1n) is 10.5. The number of para-hydroxylation sites is 1. The van der Waals surface area contributed by atoms with E-state index in [0.29, 0.717) is 5.92 Å². The van der Waals surface area contributed by atoms with Crippen LogP contribution in [0.15, 0.2) is 54.7 Å². The van der Waals surface area contributed by atoms with E-state index in [9.17, 15) is 4.79 Å². The van der Waals surface area contributed by atoms with Crippen LogP contribution in [-0.2, 0) is 6.42 Å². The number of nitrogens with zero attached hydrogens (tertiary/aromatic N) is 2. The summed E-state index contributed by atoms with van der Waals surface area (Å²) < 4.78 is 0. The summed E-state index contributed by atoms with van der Waals surface area (Å²) in [6.07, 6.45) is 3.17. The molecule has 2 aromatic carbocycles. The van der Waals surface area contributed by atoms with Crippen molar-refractivity contribution in [3.63, 3.8) is 0 Å². The second kappa shape index (κ2) is 8.80. The van der Waals surface area contributed by atoms with Crippen LogP contribution in [0.2, 0.25) is 0 Å². The molecule has 1 fully saturated rings. The van der Waals surface area contributed by atoms with Crippen LogP contribution in [0.4, 0.5) is 0 Å². The van der Waals surface area contributed by atoms with Crippen LogP contribution >= 0.6 is 0 Å². The molecule has 4 rings (SSSR count). The van der Waals surface area contributed by atoms with Gasteiger partial charge in [0.25, 0.3) is 5.91 Å². The molecule has 2 heterocycles. The fourth-order valence-electron chi connectivity index (χ4n) is 3.93. The van der Waals surface area contributed by atoms with E-state index in [1.54, 1.807) is 0 Å². The number of aromatic nitrogens is 1. The number of piperazine rings is 1. The zero-order valence-electron chi connectivity index (χ0n) is 17.3. The SMILES string of the molecule is CC(C)c1ccc(C(=O)NN2CCN(CCc3c[nH]c4ccccc34)CC2)cc1. The molecular formula is C24H30N4O. The molecular weight excluding hydrogens is 360 g/mol. The molecule has 0 radical (unpaired) electrons. The number of fused-ring (bicyclic) bond motifs is 1. The molecule has 2 N–H and O–H groups in total. The lowest BCUT2D eigenvalue weighted by molar-refractivity contribution is 0.0622. The second-order valence-corrected chi connectivity index (χ2v) is 8.16. The molecule has 0 unspecified atom stereocenters. The molecule has 152 valence electrons. The summed E-state index contributed by atoms with van der Waals surface area (Å²) in [5, 5.41) is 3.36. The normalized spacial score (nSPS) is 15.8. The number of hydrazine groups is 1. The Bertz CT molecular complexity index is 952. The van der Waals surface area contributed by atoms with Crippen molar-refractivity contribution >= 4 is 16.8 Å². The highest BCUT2D eigenvalue weighted by Gasteiger charge is 2.19. The first-order chi connectivity index (χ1) is 14.1. The smallest absolute Gasteiger partial charge is 0.265 e. The summed E-state index contributed by atoms with van der Waals surface area (Å²) in [4.78, 5) is 18.3. The minimum atomic E-state index is -0.0208. The Morgan fingerprint density at radius 3 is 2.48 bits per heavy atom. The molecule has 1 aromatic heterocycles. The molecule has 5 nitrogen and oxygen atoms in total. The standard InChI is InChI=1S/C24H30N4O/c1-18(2)19-7-9-20(10-8-19)24(29)26-28-15-13-27(14-16-28)12-11-21-17-25-23-6-4-3-5-22(21)23/h3-10,17-18,25H,11-16H2,1-2H3,(H,26,29). The van der Waals surface area contributed by atoms with Gasteiger partial charge in [-0.05, 0) is 41.7 Å². The summed E-state index contributed by atoms with van der Waals surface area (Å²) in [5.41, 5.74) is 7.62. The third-order valence-electron chi connectivity index (χ3n) is 5.84. The predicted molar refractivity (Wildman–Crippen MR) is 118 cm³/mol. The molecule has 3 aromatic rings. The van der Waals surface area contributed by atoms with Gasteiger partial charge in [0.1, 0.15) is 0 Å². The van der Waals surface area contributed by atoms with Crippen molar-refractivity contribution < 1.29 is 4.79 Å². The summed E-state index contributed by atoms with van der Waals surface area (Å²) >= 11 is 0. The second-order valence-electron chi connectivity index (χ2n) is 8.16. The van der Waals surface area contributed by atoms with Crippen molar-refractivity contribution in [2.45, 2.75) is 26.2 Å². The number of rotatable bonds is 6. The van der Waals surface area contributed by atoms with Gasteiger partial charge in [-0.15, -0.1) is 0 Å². The van der Waals surface area contributed by atoms with Crippen LogP contribution < -0.4 is 5.43 Å². The minimum Gasteiger partial charge on any atom is -0.361 e. The number of hydrogen-bond donors (Lipinski definition) is 2. The number of H-pyrrole nitrogens is 1. The zero-order valence-corrected chi connectivity index (χ0v) is 17.3. The highest BCUT2D eigenvalue weighted by molar-refractivity contribution is 5.93. The number of carbonyl (C=O) groups excluding carboxylic acids is 1. The van der Waals surface area contributed by atoms with Gasteiger partial charge in [-0.1, -0.05) is 44.2 Å². The fourth-order valence-corrected chi connectivity index (χ4v) is 3.93. The Morgan fingerprint density at radius 1 is 1.03 bits per heavy atom. The van der Waals surface area contributed by atoms with Crippen molar-refractivity contribution in [2.75, 3.05) is 32.7 Å². The molecule has 0 bridgehead atoms. The van der Waals surface area contributed by atoms with E-state index < -0.39 is 0 Å². The molecule has 1 aliphatic rings. The van der Waals surface area contributed by atoms with Gasteiger partial charge in [-0.2, -0.15) is 0 Å². The maximum atomic E-state index is 12.5. The largest absolute Gasteiger partial charge is 0.361 e. The summed E-state index contributed by atoms with van der Waals surface area (Å²) in [7, 11) is 0. The van der Waals surface area contributed by atoms with E-state index in [1.807, 2.05) is 29.3 Å². The lowest BCUT2D eigenvalue weighted by Crippen LogP contribution is -2.53. The molecule has 1 saturated heterocycles. The van der Waals surface area contributed by atoms with E-state index in [1.165, 1.54) is 22.0 Å². The number of nitrogens with one attached hydrogen (secondary N) is 2. The van der Waals surface area contributed by atoms with Gasteiger partial charge in [-0.3, -0.25) is 10.2 Å². The van der Waals surface area contributed by atoms with E-state index in [0.717, 1.165) is 44.7 Å². The predicted octanol–water partition coefficient (Wildman–Crippen LogP) is 3.80. The van der Waals surface area contributed by atoms with Crippen LogP contribution in [0.5, 0.6) is 0 Å². The third kappa shape index (κ3) is 4.69. The molecule has 1 amide bonds. The Labute approximate surface area is 172 Å². The molecule has 0 spiro atoms. The lowest BCUT2D eigenvalue weighted by atomic mass is 10.0. The van der Waals surface area contributed by atoms with Crippen molar-refractivity contribution in [1.29, 1.82) is 0 Å². The van der Waals surface area contributed by atoms with Crippen LogP contribution in [0.25, 0.3) is 10.9 Å². The monoisotopic (exact) mass is 390 g/mol. The van der Waals surface area contributed by atoms with Gasteiger partial charge in [0, 0.05) is 55.4 Å². The Hall–Kier alpha value is -2.63. The van der Waals surface area contributed by atoms with Crippen LogP contribution in [-0.4, -0.2) is 53.5 Å². The van der Waals surface area contributed by atoms with Gasteiger partial charge in [0.2, 0.25) is 0 Å². The van der Waals surface area contributed by atoms with Crippen LogP contribution in [0.3, 0.4) is 0 Å². The highest BCUT2D eigenvalue weighted by atomic mass is 16.2. The van der Waals surface area contributed by atoms with Crippen LogP contribution in [0.1, 0.15) is 41.3 Å². The number of benzene rings is 2. The quantitative estimate of drug-likeness (QED) is 0.673. The average molecular weight is 391 g/mol. The van der Waals surface area contributed by atoms with Gasteiger partial charge in [-0.25, -0.2) is 5.01 Å². The van der Waals surface area contributed by atoms with Gasteiger partial charge >= 0.3 is 0 Å². The van der Waals surface area contributed by atoms with E-state index in [-0.39, 0.29) is 5.91 Å². The Balaban J connectivity index is 1.24. The molecule has 0 saturated carbocycles. The Kier molecular flexibility index (Phi) is 5.97. The lowest BCUT2D eigenvalue weighted by Gasteiger charge is -2.34. The summed E-state index contributed by atoms with van der Waals surface area (Å²) in [6, 6.07) is 16.4. The minimum absolute atomic E-state index is 0.0208. The molecule has 1 aliphatic heterocycles. The maximum absolute atomic E-state index is 12.5. The Morgan fingerprint density at radius 2 is 1.76 bits per heavy atom. The number of hydrogen-bond acceptors (Lipinski definition) is 3. The third-order valence-corrected chi connectivity index (χ3v) is 5.84. The van der Waals surface area contributed by atoms with Crippen molar-refractivity contribution in [3.8, 4) is 0 Å². The number of aromatic amines is 1. The molecule has 0 atom stereocenters. The molecule has 0 aliphatic carbocycles. The number of amides is 1. The highest BCUT2D eigenvalue weighted by Crippen LogP contribution is 2.18. The summed E-state index contributed by atoms with van der Waals surface area (Å²) in [5.74, 6) is 0.456. The van der Waals surface area contributed by atoms with Crippen molar-refractivity contribution in [2.24, 2.45) is 0 Å². The molecule has 5 heteroatoms. The zero-order chi connectivity index (χ0) is 20.2.